The molecule has 1 saturated heterocycles. The molecule has 1 atom stereocenters. The number of aliphatic hydroxyl groups excluding tert-OH is 2. The lowest BCUT2D eigenvalue weighted by molar-refractivity contribution is -0.127. The van der Waals surface area contributed by atoms with Gasteiger partial charge in [0.2, 0.25) is 5.91 Å². The number of nitrogens with one attached hydrogen (secondary N) is 1. The zero-order valence-corrected chi connectivity index (χ0v) is 9.96. The minimum absolute atomic E-state index is 0.0278. The molecule has 0 aromatic rings. The van der Waals surface area contributed by atoms with Crippen molar-refractivity contribution in [2.24, 2.45) is 5.92 Å². The van der Waals surface area contributed by atoms with Crippen molar-refractivity contribution in [3.63, 3.8) is 0 Å². The first-order valence-corrected chi connectivity index (χ1v) is 6.88. The topological polar surface area (TPSA) is 104 Å². The van der Waals surface area contributed by atoms with Crippen molar-refractivity contribution in [2.75, 3.05) is 24.7 Å². The standard InChI is InChI=1S/C9H17NO5S/c1-9(5-11,6-12)10-8(13)7-2-3-16(14,15)4-7/h7,11-12H,2-6H2,1H3,(H,10,13). The van der Waals surface area contributed by atoms with Crippen molar-refractivity contribution in [3.05, 3.63) is 0 Å². The maximum atomic E-state index is 11.7. The summed E-state index contributed by atoms with van der Waals surface area (Å²) in [6, 6.07) is 0. The minimum atomic E-state index is -3.10. The summed E-state index contributed by atoms with van der Waals surface area (Å²) in [5.41, 5.74) is -1.09. The number of carbonyl (C=O) groups excluding carboxylic acids is 1. The zero-order chi connectivity index (χ0) is 12.4. The van der Waals surface area contributed by atoms with Crippen LogP contribution in [0.1, 0.15) is 13.3 Å². The molecular formula is C9H17NO5S. The van der Waals surface area contributed by atoms with Crippen LogP contribution in [0.4, 0.5) is 0 Å². The maximum absolute atomic E-state index is 11.7. The summed E-state index contributed by atoms with van der Waals surface area (Å²) in [4.78, 5) is 11.7. The molecule has 1 fully saturated rings. The first-order chi connectivity index (χ1) is 7.32. The van der Waals surface area contributed by atoms with Gasteiger partial charge in [0.1, 0.15) is 0 Å². The van der Waals surface area contributed by atoms with Gasteiger partial charge in [-0.25, -0.2) is 8.42 Å². The SMILES string of the molecule is CC(CO)(CO)NC(=O)C1CCS(=O)(=O)C1. The Morgan fingerprint density at radius 3 is 2.38 bits per heavy atom. The molecule has 1 amide bonds. The third kappa shape index (κ3) is 3.16. The van der Waals surface area contributed by atoms with Gasteiger partial charge in [-0.05, 0) is 13.3 Å². The lowest BCUT2D eigenvalue weighted by Crippen LogP contribution is -2.53. The predicted molar refractivity (Wildman–Crippen MR) is 57.5 cm³/mol. The average Bonchev–Trinajstić information content (AvgIpc) is 2.58. The van der Waals surface area contributed by atoms with Gasteiger partial charge in [-0.2, -0.15) is 0 Å². The lowest BCUT2D eigenvalue weighted by atomic mass is 10.0. The van der Waals surface area contributed by atoms with E-state index in [1.807, 2.05) is 0 Å². The summed E-state index contributed by atoms with van der Waals surface area (Å²) < 4.78 is 22.3. The molecule has 0 aliphatic carbocycles. The van der Waals surface area contributed by atoms with Gasteiger partial charge >= 0.3 is 0 Å². The average molecular weight is 251 g/mol. The van der Waals surface area contributed by atoms with E-state index in [0.29, 0.717) is 6.42 Å². The number of aliphatic hydroxyl groups is 2. The Labute approximate surface area is 94.6 Å². The fourth-order valence-corrected chi connectivity index (χ4v) is 3.27. The van der Waals surface area contributed by atoms with E-state index in [1.165, 1.54) is 6.92 Å². The van der Waals surface area contributed by atoms with Crippen molar-refractivity contribution < 1.29 is 23.4 Å². The van der Waals surface area contributed by atoms with Gasteiger partial charge in [-0.15, -0.1) is 0 Å². The van der Waals surface area contributed by atoms with E-state index in [1.54, 1.807) is 0 Å². The largest absolute Gasteiger partial charge is 0.394 e. The highest BCUT2D eigenvalue weighted by molar-refractivity contribution is 7.91. The van der Waals surface area contributed by atoms with Gasteiger partial charge in [-0.3, -0.25) is 4.79 Å². The molecule has 0 spiro atoms. The van der Waals surface area contributed by atoms with Gasteiger partial charge < -0.3 is 15.5 Å². The first kappa shape index (κ1) is 13.4. The number of sulfone groups is 1. The second kappa shape index (κ2) is 4.68. The Balaban J connectivity index is 2.60. The van der Waals surface area contributed by atoms with Crippen LogP contribution in [0.3, 0.4) is 0 Å². The van der Waals surface area contributed by atoms with E-state index in [2.05, 4.69) is 5.32 Å². The highest BCUT2D eigenvalue weighted by Gasteiger charge is 2.35. The quantitative estimate of drug-likeness (QED) is 0.551. The summed E-state index contributed by atoms with van der Waals surface area (Å²) in [6.07, 6.45) is 0.307. The monoisotopic (exact) mass is 251 g/mol. The molecule has 1 aliphatic heterocycles. The minimum Gasteiger partial charge on any atom is -0.394 e. The van der Waals surface area contributed by atoms with Gasteiger partial charge in [0.05, 0.1) is 36.2 Å². The van der Waals surface area contributed by atoms with E-state index in [0.717, 1.165) is 0 Å². The summed E-state index contributed by atoms with van der Waals surface area (Å²) >= 11 is 0. The van der Waals surface area contributed by atoms with Crippen LogP contribution in [-0.2, 0) is 14.6 Å². The third-order valence-electron chi connectivity index (χ3n) is 2.73. The number of hydrogen-bond acceptors (Lipinski definition) is 5. The van der Waals surface area contributed by atoms with E-state index >= 15 is 0 Å². The van der Waals surface area contributed by atoms with Crippen LogP contribution in [0, 0.1) is 5.92 Å². The van der Waals surface area contributed by atoms with E-state index in [4.69, 9.17) is 10.2 Å². The predicted octanol–water partition coefficient (Wildman–Crippen LogP) is -1.72. The van der Waals surface area contributed by atoms with Crippen LogP contribution >= 0.6 is 0 Å². The molecular weight excluding hydrogens is 234 g/mol. The molecule has 1 heterocycles. The van der Waals surface area contributed by atoms with Gasteiger partial charge in [0.15, 0.2) is 9.84 Å². The number of rotatable bonds is 4. The Hall–Kier alpha value is -0.660. The fraction of sp³-hybridized carbons (Fsp3) is 0.889. The molecule has 0 bridgehead atoms. The van der Waals surface area contributed by atoms with Crippen LogP contribution in [0.5, 0.6) is 0 Å². The molecule has 7 heteroatoms. The van der Waals surface area contributed by atoms with Crippen LogP contribution in [0.25, 0.3) is 0 Å². The van der Waals surface area contributed by atoms with Gasteiger partial charge in [0.25, 0.3) is 0 Å². The molecule has 94 valence electrons. The van der Waals surface area contributed by atoms with Gasteiger partial charge in [0, 0.05) is 0 Å². The van der Waals surface area contributed by atoms with E-state index < -0.39 is 40.4 Å². The van der Waals surface area contributed by atoms with Crippen molar-refractivity contribution in [1.82, 2.24) is 5.32 Å². The van der Waals surface area contributed by atoms with Crippen LogP contribution in [-0.4, -0.2) is 54.8 Å². The first-order valence-electron chi connectivity index (χ1n) is 5.06. The molecule has 1 unspecified atom stereocenters. The maximum Gasteiger partial charge on any atom is 0.224 e. The number of amides is 1. The molecule has 0 radical (unpaired) electrons. The second-order valence-corrected chi connectivity index (χ2v) is 6.69. The van der Waals surface area contributed by atoms with Crippen LogP contribution in [0.2, 0.25) is 0 Å². The normalized spacial score (nSPS) is 24.3. The Bertz CT molecular complexity index is 360. The van der Waals surface area contributed by atoms with E-state index in [-0.39, 0.29) is 11.5 Å². The molecule has 16 heavy (non-hydrogen) atoms. The Morgan fingerprint density at radius 2 is 2.00 bits per heavy atom. The molecule has 0 aromatic carbocycles. The Morgan fingerprint density at radius 1 is 1.44 bits per heavy atom. The Kier molecular flexibility index (Phi) is 3.92. The number of hydrogen-bond donors (Lipinski definition) is 3. The smallest absolute Gasteiger partial charge is 0.224 e. The molecule has 0 aromatic heterocycles. The lowest BCUT2D eigenvalue weighted by Gasteiger charge is -2.27. The van der Waals surface area contributed by atoms with Crippen LogP contribution < -0.4 is 5.32 Å². The third-order valence-corrected chi connectivity index (χ3v) is 4.49. The van der Waals surface area contributed by atoms with Gasteiger partial charge in [-0.1, -0.05) is 0 Å². The molecule has 1 aliphatic rings. The van der Waals surface area contributed by atoms with Crippen molar-refractivity contribution >= 4 is 15.7 Å². The summed E-state index contributed by atoms with van der Waals surface area (Å²) in [5, 5.41) is 20.4. The zero-order valence-electron chi connectivity index (χ0n) is 9.14. The van der Waals surface area contributed by atoms with Crippen LogP contribution in [0.15, 0.2) is 0 Å². The van der Waals surface area contributed by atoms with Crippen molar-refractivity contribution in [2.45, 2.75) is 18.9 Å². The van der Waals surface area contributed by atoms with Crippen molar-refractivity contribution in [1.29, 1.82) is 0 Å². The summed E-state index contributed by atoms with van der Waals surface area (Å²) in [7, 11) is -3.10. The highest BCUT2D eigenvalue weighted by Crippen LogP contribution is 2.19. The molecule has 1 rings (SSSR count). The van der Waals surface area contributed by atoms with Crippen molar-refractivity contribution in [3.8, 4) is 0 Å². The van der Waals surface area contributed by atoms with E-state index in [9.17, 15) is 13.2 Å². The molecule has 3 N–H and O–H groups in total. The summed E-state index contributed by atoms with van der Waals surface area (Å²) in [6.45, 7) is 0.706. The highest BCUT2D eigenvalue weighted by atomic mass is 32.2. The molecule has 6 nitrogen and oxygen atoms in total. The second-order valence-electron chi connectivity index (χ2n) is 4.47. The molecule has 0 saturated carbocycles. The fourth-order valence-electron chi connectivity index (χ4n) is 1.53. The summed E-state index contributed by atoms with van der Waals surface area (Å²) in [5.74, 6) is -1.11. The number of carbonyl (C=O) groups is 1.